The molecule has 3 aliphatic rings. The second kappa shape index (κ2) is 5.51. The van der Waals surface area contributed by atoms with Crippen molar-refractivity contribution in [2.75, 3.05) is 19.6 Å². The van der Waals surface area contributed by atoms with Crippen LogP contribution in [0.25, 0.3) is 11.3 Å². The molecule has 2 aliphatic heterocycles. The van der Waals surface area contributed by atoms with Gasteiger partial charge in [-0.1, -0.05) is 0 Å². The first kappa shape index (κ1) is 15.8. The smallest absolute Gasteiger partial charge is 0.232 e. The summed E-state index contributed by atoms with van der Waals surface area (Å²) in [6, 6.07) is 10.0. The summed E-state index contributed by atoms with van der Waals surface area (Å²) in [7, 11) is 0. The van der Waals surface area contributed by atoms with E-state index >= 15 is 0 Å². The van der Waals surface area contributed by atoms with Crippen molar-refractivity contribution in [2.24, 2.45) is 11.8 Å². The van der Waals surface area contributed by atoms with Crippen LogP contribution in [0.2, 0.25) is 0 Å². The molecule has 2 aromatic rings. The molecular formula is C20H20FN3O2. The molecule has 1 aromatic heterocycles. The molecule has 5 rings (SSSR count). The molecule has 0 radical (unpaired) electrons. The van der Waals surface area contributed by atoms with Crippen molar-refractivity contribution in [3.05, 3.63) is 47.8 Å². The van der Waals surface area contributed by atoms with E-state index in [2.05, 4.69) is 15.6 Å². The second-order valence-electron chi connectivity index (χ2n) is 7.67. The third kappa shape index (κ3) is 2.40. The number of halogens is 1. The molecule has 1 saturated carbocycles. The van der Waals surface area contributed by atoms with Crippen LogP contribution >= 0.6 is 0 Å². The maximum Gasteiger partial charge on any atom is 0.232 e. The van der Waals surface area contributed by atoms with Gasteiger partial charge < -0.3 is 15.4 Å². The first-order valence-electron chi connectivity index (χ1n) is 8.99. The normalized spacial score (nSPS) is 31.8. The van der Waals surface area contributed by atoms with Gasteiger partial charge in [-0.2, -0.15) is 0 Å². The number of β-lactam (4-membered cyclic amide) rings is 1. The topological polar surface area (TPSA) is 63.2 Å². The SMILES string of the molecule is CC1(c2cc(OC3C4CNCC43)nc(-c3ccc(F)cc3)c2)CNC1=O. The molecule has 0 bridgehead atoms. The lowest BCUT2D eigenvalue weighted by Gasteiger charge is -2.38. The van der Waals surface area contributed by atoms with Crippen molar-refractivity contribution in [2.45, 2.75) is 18.4 Å². The van der Waals surface area contributed by atoms with Crippen LogP contribution in [0.1, 0.15) is 12.5 Å². The van der Waals surface area contributed by atoms with Gasteiger partial charge in [0.05, 0.1) is 11.1 Å². The van der Waals surface area contributed by atoms with Crippen molar-refractivity contribution in [1.29, 1.82) is 0 Å². The Morgan fingerprint density at radius 1 is 1.19 bits per heavy atom. The van der Waals surface area contributed by atoms with Crippen LogP contribution in [0.5, 0.6) is 5.88 Å². The summed E-state index contributed by atoms with van der Waals surface area (Å²) in [5.41, 5.74) is 1.81. The largest absolute Gasteiger partial charge is 0.474 e. The highest BCUT2D eigenvalue weighted by atomic mass is 19.1. The van der Waals surface area contributed by atoms with E-state index in [9.17, 15) is 9.18 Å². The third-order valence-corrected chi connectivity index (χ3v) is 5.95. The van der Waals surface area contributed by atoms with Crippen LogP contribution in [0.15, 0.2) is 36.4 Å². The van der Waals surface area contributed by atoms with E-state index in [1.807, 2.05) is 19.1 Å². The number of hydrogen-bond donors (Lipinski definition) is 2. The van der Waals surface area contributed by atoms with Gasteiger partial charge in [-0.05, 0) is 42.8 Å². The number of fused-ring (bicyclic) bond motifs is 1. The van der Waals surface area contributed by atoms with Crippen LogP contribution in [0.3, 0.4) is 0 Å². The summed E-state index contributed by atoms with van der Waals surface area (Å²) in [4.78, 5) is 16.8. The number of hydrogen-bond acceptors (Lipinski definition) is 4. The standard InChI is InChI=1S/C20H20FN3O2/c1-20(10-23-19(20)25)12-6-16(11-2-4-13(21)5-3-11)24-17(7-12)26-18-14-8-22-9-15(14)18/h2-7,14-15,18,22H,8-10H2,1H3,(H,23,25). The molecule has 3 heterocycles. The van der Waals surface area contributed by atoms with Crippen molar-refractivity contribution in [3.8, 4) is 17.1 Å². The van der Waals surface area contributed by atoms with Crippen molar-refractivity contribution in [3.63, 3.8) is 0 Å². The minimum atomic E-state index is -0.573. The zero-order valence-electron chi connectivity index (χ0n) is 14.5. The zero-order valence-corrected chi connectivity index (χ0v) is 14.5. The van der Waals surface area contributed by atoms with E-state index in [1.54, 1.807) is 12.1 Å². The van der Waals surface area contributed by atoms with Crippen LogP contribution in [-0.2, 0) is 10.2 Å². The van der Waals surface area contributed by atoms with Crippen LogP contribution in [-0.4, -0.2) is 36.6 Å². The van der Waals surface area contributed by atoms with E-state index in [-0.39, 0.29) is 17.8 Å². The number of carbonyl (C=O) groups excluding carboxylic acids is 1. The quantitative estimate of drug-likeness (QED) is 0.824. The van der Waals surface area contributed by atoms with Crippen LogP contribution in [0, 0.1) is 17.7 Å². The van der Waals surface area contributed by atoms with Gasteiger partial charge in [-0.15, -0.1) is 0 Å². The van der Waals surface area contributed by atoms with Gasteiger partial charge in [-0.3, -0.25) is 4.79 Å². The van der Waals surface area contributed by atoms with Gasteiger partial charge >= 0.3 is 0 Å². The molecule has 3 fully saturated rings. The Bertz CT molecular complexity index is 875. The monoisotopic (exact) mass is 353 g/mol. The Labute approximate surface area is 151 Å². The molecule has 3 atom stereocenters. The first-order valence-corrected chi connectivity index (χ1v) is 8.99. The Morgan fingerprint density at radius 2 is 1.92 bits per heavy atom. The average Bonchev–Trinajstić information content (AvgIpc) is 3.06. The molecule has 3 unspecified atom stereocenters. The predicted molar refractivity (Wildman–Crippen MR) is 94.3 cm³/mol. The molecule has 5 nitrogen and oxygen atoms in total. The highest BCUT2D eigenvalue weighted by molar-refractivity contribution is 5.94. The molecule has 2 saturated heterocycles. The average molecular weight is 353 g/mol. The maximum absolute atomic E-state index is 13.3. The Morgan fingerprint density at radius 3 is 2.54 bits per heavy atom. The van der Waals surface area contributed by atoms with Crippen molar-refractivity contribution < 1.29 is 13.9 Å². The summed E-state index contributed by atoms with van der Waals surface area (Å²) >= 11 is 0. The summed E-state index contributed by atoms with van der Waals surface area (Å²) in [5, 5.41) is 6.16. The van der Waals surface area contributed by atoms with Crippen LogP contribution < -0.4 is 15.4 Å². The number of piperidine rings is 1. The lowest BCUT2D eigenvalue weighted by atomic mass is 9.76. The van der Waals surface area contributed by atoms with Crippen LogP contribution in [0.4, 0.5) is 4.39 Å². The van der Waals surface area contributed by atoms with Gasteiger partial charge in [0.2, 0.25) is 11.8 Å². The number of ether oxygens (including phenoxy) is 1. The minimum Gasteiger partial charge on any atom is -0.474 e. The van der Waals surface area contributed by atoms with Gasteiger partial charge in [-0.25, -0.2) is 9.37 Å². The Hall–Kier alpha value is -2.47. The molecule has 2 N–H and O–H groups in total. The first-order chi connectivity index (χ1) is 12.5. The molecule has 6 heteroatoms. The van der Waals surface area contributed by atoms with E-state index < -0.39 is 5.41 Å². The van der Waals surface area contributed by atoms with Crippen molar-refractivity contribution >= 4 is 5.91 Å². The number of nitrogens with one attached hydrogen (secondary N) is 2. The van der Waals surface area contributed by atoms with Crippen molar-refractivity contribution in [1.82, 2.24) is 15.6 Å². The number of nitrogens with zero attached hydrogens (tertiary/aromatic N) is 1. The van der Waals surface area contributed by atoms with Gasteiger partial charge in [0, 0.05) is 43.1 Å². The summed E-state index contributed by atoms with van der Waals surface area (Å²) in [6.45, 7) is 4.49. The van der Waals surface area contributed by atoms with Gasteiger partial charge in [0.15, 0.2) is 0 Å². The summed E-state index contributed by atoms with van der Waals surface area (Å²) in [6.07, 6.45) is 0.197. The molecule has 1 aliphatic carbocycles. The maximum atomic E-state index is 13.3. The number of rotatable bonds is 4. The van der Waals surface area contributed by atoms with Gasteiger partial charge in [0.1, 0.15) is 11.9 Å². The molecule has 134 valence electrons. The molecule has 1 amide bonds. The van der Waals surface area contributed by atoms with Gasteiger partial charge in [0.25, 0.3) is 0 Å². The summed E-state index contributed by atoms with van der Waals surface area (Å²) in [5.74, 6) is 1.37. The lowest BCUT2D eigenvalue weighted by Crippen LogP contribution is -2.60. The number of amides is 1. The zero-order chi connectivity index (χ0) is 17.9. The predicted octanol–water partition coefficient (Wildman–Crippen LogP) is 1.87. The van der Waals surface area contributed by atoms with E-state index in [4.69, 9.17) is 4.74 Å². The van der Waals surface area contributed by atoms with E-state index in [1.165, 1.54) is 12.1 Å². The molecule has 0 spiro atoms. The number of aromatic nitrogens is 1. The number of carbonyl (C=O) groups is 1. The second-order valence-corrected chi connectivity index (χ2v) is 7.67. The summed E-state index contributed by atoms with van der Waals surface area (Å²) < 4.78 is 19.4. The number of benzene rings is 1. The highest BCUT2D eigenvalue weighted by Crippen LogP contribution is 2.45. The minimum absolute atomic E-state index is 0.00666. The fourth-order valence-corrected chi connectivity index (χ4v) is 3.99. The molecule has 1 aromatic carbocycles. The third-order valence-electron chi connectivity index (χ3n) is 5.95. The Kier molecular flexibility index (Phi) is 3.34. The fourth-order valence-electron chi connectivity index (χ4n) is 3.99. The fraction of sp³-hybridized carbons (Fsp3) is 0.400. The Balaban J connectivity index is 1.52. The lowest BCUT2D eigenvalue weighted by molar-refractivity contribution is -0.132. The number of pyridine rings is 1. The van der Waals surface area contributed by atoms with E-state index in [0.29, 0.717) is 30.0 Å². The highest BCUT2D eigenvalue weighted by Gasteiger charge is 2.55. The molecule has 26 heavy (non-hydrogen) atoms. The molecular weight excluding hydrogens is 333 g/mol. The van der Waals surface area contributed by atoms with E-state index in [0.717, 1.165) is 24.2 Å².